The molecule has 0 aromatic carbocycles. The van der Waals surface area contributed by atoms with E-state index in [1.54, 1.807) is 5.57 Å². The molecule has 0 spiro atoms. The molecule has 2 nitrogen and oxygen atoms in total. The van der Waals surface area contributed by atoms with E-state index in [9.17, 15) is 4.79 Å². The van der Waals surface area contributed by atoms with E-state index in [1.807, 2.05) is 6.08 Å². The summed E-state index contributed by atoms with van der Waals surface area (Å²) in [4.78, 5) is 11.7. The van der Waals surface area contributed by atoms with Gasteiger partial charge in [0.05, 0.1) is 0 Å². The van der Waals surface area contributed by atoms with Gasteiger partial charge >= 0.3 is 0 Å². The van der Waals surface area contributed by atoms with Crippen molar-refractivity contribution in [2.75, 3.05) is 6.54 Å². The van der Waals surface area contributed by atoms with Crippen LogP contribution >= 0.6 is 0 Å². The topological polar surface area (TPSA) is 29.1 Å². The summed E-state index contributed by atoms with van der Waals surface area (Å²) in [5, 5.41) is 3.00. The quantitative estimate of drug-likeness (QED) is 0.708. The molecule has 0 saturated heterocycles. The van der Waals surface area contributed by atoms with Crippen LogP contribution in [0.5, 0.6) is 0 Å². The summed E-state index contributed by atoms with van der Waals surface area (Å²) in [5.41, 5.74) is 3.13. The third-order valence-corrected chi connectivity index (χ3v) is 5.62. The van der Waals surface area contributed by atoms with E-state index in [1.165, 1.54) is 24.8 Å². The zero-order chi connectivity index (χ0) is 12.8. The smallest absolute Gasteiger partial charge is 0.243 e. The number of hydrogen-bond acceptors (Lipinski definition) is 1. The van der Waals surface area contributed by atoms with Crippen LogP contribution < -0.4 is 5.32 Å². The first-order chi connectivity index (χ1) is 9.33. The van der Waals surface area contributed by atoms with Crippen LogP contribution in [0.2, 0.25) is 0 Å². The lowest BCUT2D eigenvalue weighted by molar-refractivity contribution is -0.116. The van der Waals surface area contributed by atoms with Gasteiger partial charge in [-0.3, -0.25) is 4.79 Å². The standard InChI is InChI=1S/C17H21NO/c19-17-10-12-5-7-15-13-3-1-2-11(13)4-6-16(15)14(12)8-9-18-17/h1-3,10-11,14-16H,4-9H2,(H,18,19). The predicted molar refractivity (Wildman–Crippen MR) is 75.4 cm³/mol. The number of carbonyl (C=O) groups is 1. The molecule has 100 valence electrons. The lowest BCUT2D eigenvalue weighted by Crippen LogP contribution is -2.36. The molecule has 0 radical (unpaired) electrons. The number of rotatable bonds is 0. The molecule has 1 heterocycles. The van der Waals surface area contributed by atoms with Crippen molar-refractivity contribution >= 4 is 5.91 Å². The lowest BCUT2D eigenvalue weighted by Gasteiger charge is -2.45. The molecule has 0 bridgehead atoms. The first-order valence-electron chi connectivity index (χ1n) is 7.69. The third-order valence-electron chi connectivity index (χ3n) is 5.62. The predicted octanol–water partition coefficient (Wildman–Crippen LogP) is 2.98. The number of fused-ring (bicyclic) bond motifs is 5. The Morgan fingerprint density at radius 3 is 3.00 bits per heavy atom. The van der Waals surface area contributed by atoms with Gasteiger partial charge in [-0.1, -0.05) is 29.4 Å². The van der Waals surface area contributed by atoms with Crippen molar-refractivity contribution in [3.05, 3.63) is 35.5 Å². The maximum Gasteiger partial charge on any atom is 0.243 e. The van der Waals surface area contributed by atoms with E-state index in [4.69, 9.17) is 0 Å². The molecule has 2 fully saturated rings. The van der Waals surface area contributed by atoms with Gasteiger partial charge in [-0.2, -0.15) is 0 Å². The highest BCUT2D eigenvalue weighted by Gasteiger charge is 2.42. The second-order valence-corrected chi connectivity index (χ2v) is 6.45. The zero-order valence-electron chi connectivity index (χ0n) is 11.3. The van der Waals surface area contributed by atoms with Crippen LogP contribution in [-0.2, 0) is 4.79 Å². The Bertz CT molecular complexity index is 499. The average molecular weight is 255 g/mol. The Morgan fingerprint density at radius 1 is 1.11 bits per heavy atom. The van der Waals surface area contributed by atoms with Gasteiger partial charge < -0.3 is 5.32 Å². The van der Waals surface area contributed by atoms with Crippen molar-refractivity contribution in [1.82, 2.24) is 5.32 Å². The van der Waals surface area contributed by atoms with Gasteiger partial charge in [0.2, 0.25) is 5.91 Å². The number of allylic oxidation sites excluding steroid dienone is 5. The molecule has 2 saturated carbocycles. The fourth-order valence-electron chi connectivity index (χ4n) is 4.81. The molecule has 4 atom stereocenters. The molecule has 1 aliphatic heterocycles. The Labute approximate surface area is 114 Å². The fraction of sp³-hybridized carbons (Fsp3) is 0.588. The van der Waals surface area contributed by atoms with Gasteiger partial charge in [0, 0.05) is 12.6 Å². The first-order valence-corrected chi connectivity index (χ1v) is 7.69. The minimum atomic E-state index is 0.131. The summed E-state index contributed by atoms with van der Waals surface area (Å²) >= 11 is 0. The van der Waals surface area contributed by atoms with E-state index in [0.29, 0.717) is 5.92 Å². The molecule has 19 heavy (non-hydrogen) atoms. The minimum absolute atomic E-state index is 0.131. The van der Waals surface area contributed by atoms with E-state index in [0.717, 1.165) is 37.1 Å². The summed E-state index contributed by atoms with van der Waals surface area (Å²) in [6, 6.07) is 0. The summed E-state index contributed by atoms with van der Waals surface area (Å²) < 4.78 is 0. The molecule has 2 heteroatoms. The highest BCUT2D eigenvalue weighted by molar-refractivity contribution is 5.88. The molecule has 0 aromatic rings. The minimum Gasteiger partial charge on any atom is -0.353 e. The number of amides is 1. The third kappa shape index (κ3) is 1.80. The molecule has 3 aliphatic carbocycles. The van der Waals surface area contributed by atoms with Crippen LogP contribution in [0.25, 0.3) is 0 Å². The van der Waals surface area contributed by atoms with Crippen LogP contribution in [-0.4, -0.2) is 12.5 Å². The fourth-order valence-corrected chi connectivity index (χ4v) is 4.81. The lowest BCUT2D eigenvalue weighted by atomic mass is 9.59. The van der Waals surface area contributed by atoms with E-state index in [-0.39, 0.29) is 5.91 Å². The van der Waals surface area contributed by atoms with Crippen LogP contribution in [0.3, 0.4) is 0 Å². The second-order valence-electron chi connectivity index (χ2n) is 6.45. The van der Waals surface area contributed by atoms with Crippen molar-refractivity contribution in [2.45, 2.75) is 32.1 Å². The maximum absolute atomic E-state index is 11.7. The summed E-state index contributed by atoms with van der Waals surface area (Å²) in [6.45, 7) is 0.855. The molecule has 1 N–H and O–H groups in total. The highest BCUT2D eigenvalue weighted by atomic mass is 16.1. The Hall–Kier alpha value is -1.31. The van der Waals surface area contributed by atoms with Gasteiger partial charge in [-0.15, -0.1) is 0 Å². The van der Waals surface area contributed by atoms with Crippen molar-refractivity contribution in [3.63, 3.8) is 0 Å². The average Bonchev–Trinajstić information content (AvgIpc) is 2.80. The van der Waals surface area contributed by atoms with Gasteiger partial charge in [-0.05, 0) is 55.8 Å². The van der Waals surface area contributed by atoms with Crippen LogP contribution in [0.4, 0.5) is 0 Å². The second kappa shape index (κ2) is 4.36. The van der Waals surface area contributed by atoms with Crippen LogP contribution in [0.1, 0.15) is 32.1 Å². The normalized spacial score (nSPS) is 40.3. The van der Waals surface area contributed by atoms with Gasteiger partial charge in [-0.25, -0.2) is 0 Å². The van der Waals surface area contributed by atoms with Crippen molar-refractivity contribution in [3.8, 4) is 0 Å². The Morgan fingerprint density at radius 2 is 2.05 bits per heavy atom. The molecule has 4 aliphatic rings. The Kier molecular flexibility index (Phi) is 2.64. The monoisotopic (exact) mass is 255 g/mol. The number of carbonyl (C=O) groups excluding carboxylic acids is 1. The van der Waals surface area contributed by atoms with Crippen LogP contribution in [0.15, 0.2) is 35.5 Å². The Balaban J connectivity index is 1.65. The largest absolute Gasteiger partial charge is 0.353 e. The van der Waals surface area contributed by atoms with Gasteiger partial charge in [0.15, 0.2) is 0 Å². The molecular weight excluding hydrogens is 234 g/mol. The first kappa shape index (κ1) is 11.5. The van der Waals surface area contributed by atoms with E-state index in [2.05, 4.69) is 23.5 Å². The van der Waals surface area contributed by atoms with Crippen LogP contribution in [0, 0.1) is 23.7 Å². The molecule has 0 aromatic heterocycles. The summed E-state index contributed by atoms with van der Waals surface area (Å²) in [5.74, 6) is 3.09. The van der Waals surface area contributed by atoms with E-state index < -0.39 is 0 Å². The van der Waals surface area contributed by atoms with Gasteiger partial charge in [0.25, 0.3) is 0 Å². The molecule has 4 rings (SSSR count). The van der Waals surface area contributed by atoms with Gasteiger partial charge in [0.1, 0.15) is 0 Å². The van der Waals surface area contributed by atoms with Crippen molar-refractivity contribution < 1.29 is 4.79 Å². The SMILES string of the molecule is O=C1C=C2CCC3C4=CC=CC4CCC3C2CCN1. The van der Waals surface area contributed by atoms with Crippen molar-refractivity contribution in [1.29, 1.82) is 0 Å². The summed E-state index contributed by atoms with van der Waals surface area (Å²) in [7, 11) is 0. The number of nitrogens with one attached hydrogen (secondary N) is 1. The van der Waals surface area contributed by atoms with Crippen molar-refractivity contribution in [2.24, 2.45) is 23.7 Å². The summed E-state index contributed by atoms with van der Waals surface area (Å²) in [6.07, 6.45) is 15.1. The van der Waals surface area contributed by atoms with E-state index >= 15 is 0 Å². The zero-order valence-corrected chi connectivity index (χ0v) is 11.3. The number of hydrogen-bond donors (Lipinski definition) is 1. The highest BCUT2D eigenvalue weighted by Crippen LogP contribution is 2.52. The maximum atomic E-state index is 11.7. The molecule has 1 amide bonds. The molecular formula is C17H21NO. The molecule has 4 unspecified atom stereocenters.